The number of nitrogens with one attached hydrogen (secondary N) is 1. The fraction of sp³-hybridized carbons (Fsp3) is 0.429. The topological polar surface area (TPSA) is 69.3 Å². The van der Waals surface area contributed by atoms with E-state index in [1.54, 1.807) is 17.2 Å². The predicted molar refractivity (Wildman–Crippen MR) is 69.9 cm³/mol. The summed E-state index contributed by atoms with van der Waals surface area (Å²) in [5.74, 6) is 0.721. The number of nitriles is 1. The standard InChI is InChI=1S/C14H17N3O2/c1-11(12-8-16-9-12)14(18)17(6-3-5-15)10-13-4-2-7-19-13/h2,4,7,16H,3,6,8-10H2,1H3. The van der Waals surface area contributed by atoms with Gasteiger partial charge in [0.2, 0.25) is 5.91 Å². The lowest BCUT2D eigenvalue weighted by Crippen LogP contribution is -2.39. The summed E-state index contributed by atoms with van der Waals surface area (Å²) in [6.45, 7) is 4.24. The van der Waals surface area contributed by atoms with E-state index in [9.17, 15) is 4.79 Å². The molecule has 0 saturated carbocycles. The first-order chi connectivity index (χ1) is 9.22. The zero-order chi connectivity index (χ0) is 13.7. The van der Waals surface area contributed by atoms with Gasteiger partial charge in [0, 0.05) is 25.2 Å². The molecule has 1 aromatic heterocycles. The fourth-order valence-corrected chi connectivity index (χ4v) is 1.93. The van der Waals surface area contributed by atoms with E-state index in [-0.39, 0.29) is 5.91 Å². The predicted octanol–water partition coefficient (Wildman–Crippen LogP) is 1.44. The van der Waals surface area contributed by atoms with E-state index in [1.165, 1.54) is 0 Å². The van der Waals surface area contributed by atoms with E-state index < -0.39 is 0 Å². The molecule has 19 heavy (non-hydrogen) atoms. The Balaban J connectivity index is 2.08. The molecule has 1 amide bonds. The normalized spacial score (nSPS) is 13.6. The summed E-state index contributed by atoms with van der Waals surface area (Å²) >= 11 is 0. The van der Waals surface area contributed by atoms with Gasteiger partial charge in [-0.2, -0.15) is 5.26 Å². The first-order valence-corrected chi connectivity index (χ1v) is 6.30. The third-order valence-corrected chi connectivity index (χ3v) is 3.24. The zero-order valence-electron chi connectivity index (χ0n) is 11.0. The molecular weight excluding hydrogens is 242 g/mol. The number of hydrogen-bond donors (Lipinski definition) is 1. The molecule has 0 aromatic carbocycles. The number of carbonyl (C=O) groups excluding carboxylic acids is 1. The van der Waals surface area contributed by atoms with Crippen LogP contribution in [0.15, 0.2) is 34.0 Å². The molecule has 5 heteroatoms. The third-order valence-electron chi connectivity index (χ3n) is 3.24. The average Bonchev–Trinajstić information content (AvgIpc) is 2.84. The highest BCUT2D eigenvalue weighted by Gasteiger charge is 2.21. The van der Waals surface area contributed by atoms with Crippen LogP contribution in [-0.4, -0.2) is 30.4 Å². The highest BCUT2D eigenvalue weighted by molar-refractivity contribution is 5.94. The maximum Gasteiger partial charge on any atom is 0.249 e. The van der Waals surface area contributed by atoms with Gasteiger partial charge in [0.1, 0.15) is 5.76 Å². The van der Waals surface area contributed by atoms with E-state index in [0.29, 0.717) is 19.5 Å². The lowest BCUT2D eigenvalue weighted by molar-refractivity contribution is -0.128. The second-order valence-electron chi connectivity index (χ2n) is 4.55. The van der Waals surface area contributed by atoms with Gasteiger partial charge in [-0.3, -0.25) is 4.79 Å². The highest BCUT2D eigenvalue weighted by atomic mass is 16.3. The van der Waals surface area contributed by atoms with Crippen molar-refractivity contribution in [2.45, 2.75) is 19.9 Å². The van der Waals surface area contributed by atoms with Crippen molar-refractivity contribution in [2.75, 3.05) is 19.6 Å². The van der Waals surface area contributed by atoms with Crippen LogP contribution in [0.5, 0.6) is 0 Å². The first-order valence-electron chi connectivity index (χ1n) is 6.30. The molecule has 0 unspecified atom stereocenters. The number of hydrogen-bond acceptors (Lipinski definition) is 4. The van der Waals surface area contributed by atoms with Crippen molar-refractivity contribution in [3.8, 4) is 6.07 Å². The molecule has 100 valence electrons. The molecule has 1 aliphatic heterocycles. The van der Waals surface area contributed by atoms with Crippen LogP contribution in [0, 0.1) is 11.3 Å². The van der Waals surface area contributed by atoms with E-state index in [0.717, 1.165) is 30.0 Å². The number of rotatable bonds is 5. The summed E-state index contributed by atoms with van der Waals surface area (Å²) in [5, 5.41) is 11.8. The van der Waals surface area contributed by atoms with Gasteiger partial charge in [0.05, 0.1) is 25.3 Å². The summed E-state index contributed by atoms with van der Waals surface area (Å²) in [4.78, 5) is 14.1. The molecular formula is C14H17N3O2. The van der Waals surface area contributed by atoms with E-state index in [1.807, 2.05) is 13.0 Å². The lowest BCUT2D eigenvalue weighted by Gasteiger charge is -2.26. The van der Waals surface area contributed by atoms with Crippen LogP contribution in [0.4, 0.5) is 0 Å². The Hall–Kier alpha value is -2.06. The molecule has 2 heterocycles. The maximum atomic E-state index is 12.4. The maximum absolute atomic E-state index is 12.4. The number of carbonyl (C=O) groups is 1. The van der Waals surface area contributed by atoms with Gasteiger partial charge < -0.3 is 14.6 Å². The molecule has 0 atom stereocenters. The second kappa shape index (κ2) is 6.21. The third kappa shape index (κ3) is 3.24. The Morgan fingerprint density at radius 2 is 2.37 bits per heavy atom. The Morgan fingerprint density at radius 3 is 2.89 bits per heavy atom. The molecule has 0 bridgehead atoms. The molecule has 0 spiro atoms. The number of amides is 1. The second-order valence-corrected chi connectivity index (χ2v) is 4.55. The number of nitrogens with zero attached hydrogens (tertiary/aromatic N) is 2. The van der Waals surface area contributed by atoms with Gasteiger partial charge in [0.25, 0.3) is 0 Å². The molecule has 1 N–H and O–H groups in total. The van der Waals surface area contributed by atoms with Gasteiger partial charge >= 0.3 is 0 Å². The van der Waals surface area contributed by atoms with Crippen LogP contribution in [-0.2, 0) is 11.3 Å². The first kappa shape index (κ1) is 13.4. The van der Waals surface area contributed by atoms with Gasteiger partial charge in [-0.25, -0.2) is 0 Å². The lowest BCUT2D eigenvalue weighted by atomic mass is 10.0. The Labute approximate surface area is 112 Å². The monoisotopic (exact) mass is 259 g/mol. The van der Waals surface area contributed by atoms with E-state index in [2.05, 4.69) is 11.4 Å². The average molecular weight is 259 g/mol. The summed E-state index contributed by atoms with van der Waals surface area (Å²) in [6.07, 6.45) is 1.91. The molecule has 1 aliphatic rings. The molecule has 2 rings (SSSR count). The van der Waals surface area contributed by atoms with Crippen molar-refractivity contribution in [3.63, 3.8) is 0 Å². The molecule has 5 nitrogen and oxygen atoms in total. The fourth-order valence-electron chi connectivity index (χ4n) is 1.93. The van der Waals surface area contributed by atoms with Gasteiger partial charge in [-0.1, -0.05) is 0 Å². The van der Waals surface area contributed by atoms with Crippen molar-refractivity contribution >= 4 is 5.91 Å². The molecule has 1 fully saturated rings. The smallest absolute Gasteiger partial charge is 0.249 e. The Kier molecular flexibility index (Phi) is 4.37. The van der Waals surface area contributed by atoms with Crippen LogP contribution in [0.3, 0.4) is 0 Å². The van der Waals surface area contributed by atoms with Gasteiger partial charge in [0.15, 0.2) is 0 Å². The SMILES string of the molecule is CC(C(=O)N(CCC#N)Cc1ccco1)=C1CNC1. The number of furan rings is 1. The summed E-state index contributed by atoms with van der Waals surface area (Å²) in [7, 11) is 0. The van der Waals surface area contributed by atoms with Crippen molar-refractivity contribution in [1.29, 1.82) is 5.26 Å². The molecule has 0 radical (unpaired) electrons. The largest absolute Gasteiger partial charge is 0.467 e. The minimum absolute atomic E-state index is 0.0110. The zero-order valence-corrected chi connectivity index (χ0v) is 11.0. The van der Waals surface area contributed by atoms with Gasteiger partial charge in [-0.05, 0) is 24.6 Å². The van der Waals surface area contributed by atoms with Crippen LogP contribution in [0.2, 0.25) is 0 Å². The molecule has 0 aliphatic carbocycles. The molecule has 1 aromatic rings. The van der Waals surface area contributed by atoms with Crippen molar-refractivity contribution in [2.24, 2.45) is 0 Å². The quantitative estimate of drug-likeness (QED) is 0.812. The van der Waals surface area contributed by atoms with Crippen molar-refractivity contribution < 1.29 is 9.21 Å². The molecule has 1 saturated heterocycles. The van der Waals surface area contributed by atoms with Crippen molar-refractivity contribution in [1.82, 2.24) is 10.2 Å². The van der Waals surface area contributed by atoms with Crippen molar-refractivity contribution in [3.05, 3.63) is 35.3 Å². The Morgan fingerprint density at radius 1 is 1.58 bits per heavy atom. The highest BCUT2D eigenvalue weighted by Crippen LogP contribution is 2.15. The van der Waals surface area contributed by atoms with Gasteiger partial charge in [-0.15, -0.1) is 0 Å². The van der Waals surface area contributed by atoms with Crippen LogP contribution < -0.4 is 5.32 Å². The summed E-state index contributed by atoms with van der Waals surface area (Å²) in [5.41, 5.74) is 1.93. The van der Waals surface area contributed by atoms with E-state index >= 15 is 0 Å². The minimum Gasteiger partial charge on any atom is -0.467 e. The summed E-state index contributed by atoms with van der Waals surface area (Å²) < 4.78 is 5.27. The van der Waals surface area contributed by atoms with E-state index in [4.69, 9.17) is 9.68 Å². The minimum atomic E-state index is -0.0110. The summed E-state index contributed by atoms with van der Waals surface area (Å²) in [6, 6.07) is 5.70. The van der Waals surface area contributed by atoms with Crippen LogP contribution in [0.1, 0.15) is 19.1 Å². The van der Waals surface area contributed by atoms with Crippen LogP contribution in [0.25, 0.3) is 0 Å². The van der Waals surface area contributed by atoms with Crippen LogP contribution >= 0.6 is 0 Å². The Bertz CT molecular complexity index is 505.